The molecule has 5 atom stereocenters. The molecule has 1 aromatic heterocycles. The monoisotopic (exact) mass is 646 g/mol. The first-order chi connectivity index (χ1) is 21.6. The minimum atomic E-state index is -1.12. The van der Waals surface area contributed by atoms with Crippen LogP contribution in [0, 0.1) is 0 Å². The Balaban J connectivity index is 1.55. The van der Waals surface area contributed by atoms with Crippen molar-refractivity contribution in [3.8, 4) is 17.0 Å². The summed E-state index contributed by atoms with van der Waals surface area (Å²) in [6.45, 7) is 4.07. The van der Waals surface area contributed by atoms with E-state index in [-0.39, 0.29) is 19.6 Å². The van der Waals surface area contributed by atoms with Gasteiger partial charge in [-0.1, -0.05) is 42.0 Å². The SMILES string of the molecule is COc1cc(-c2cn(CC3O[C@@H](OCCCCC(=O)ONS)C(NC(C)=O)C(OC(C)=O)[C@H]3OC(C)=O)[nH]2)cc2ccccc12. The number of rotatable bonds is 14. The van der Waals surface area contributed by atoms with Gasteiger partial charge in [0.1, 0.15) is 17.9 Å². The molecule has 15 heteroatoms. The molecule has 0 saturated carbocycles. The van der Waals surface area contributed by atoms with Crippen LogP contribution in [0.1, 0.15) is 40.0 Å². The molecule has 1 saturated heterocycles. The van der Waals surface area contributed by atoms with E-state index in [0.717, 1.165) is 27.8 Å². The highest BCUT2D eigenvalue weighted by atomic mass is 32.1. The number of methoxy groups -OCH3 is 1. The number of H-pyrrole nitrogens is 1. The van der Waals surface area contributed by atoms with Gasteiger partial charge in [-0.15, -0.1) is 0 Å². The lowest BCUT2D eigenvalue weighted by Gasteiger charge is -2.45. The Morgan fingerprint density at radius 3 is 2.40 bits per heavy atom. The number of ether oxygens (including phenoxy) is 5. The fourth-order valence-corrected chi connectivity index (χ4v) is 5.36. The first kappa shape index (κ1) is 33.8. The third-order valence-corrected chi connectivity index (χ3v) is 7.21. The third-order valence-electron chi connectivity index (χ3n) is 7.12. The average molecular weight is 647 g/mol. The number of benzene rings is 2. The van der Waals surface area contributed by atoms with Crippen molar-refractivity contribution in [3.05, 3.63) is 42.6 Å². The summed E-state index contributed by atoms with van der Waals surface area (Å²) in [7, 11) is 1.62. The summed E-state index contributed by atoms with van der Waals surface area (Å²) < 4.78 is 30.9. The number of aromatic amines is 1. The molecule has 3 N–H and O–H groups in total. The molecule has 0 radical (unpaired) electrons. The van der Waals surface area contributed by atoms with Crippen LogP contribution in [-0.2, 0) is 49.5 Å². The van der Waals surface area contributed by atoms with Crippen LogP contribution >= 0.6 is 12.8 Å². The molecule has 1 fully saturated rings. The lowest BCUT2D eigenvalue weighted by Crippen LogP contribution is -2.66. The lowest BCUT2D eigenvalue weighted by atomic mass is 9.95. The fourth-order valence-electron chi connectivity index (χ4n) is 5.26. The lowest BCUT2D eigenvalue weighted by molar-refractivity contribution is -0.274. The Bertz CT molecular complexity index is 1480. The number of aromatic nitrogens is 2. The minimum Gasteiger partial charge on any atom is -0.496 e. The van der Waals surface area contributed by atoms with Crippen molar-refractivity contribution in [1.82, 2.24) is 20.0 Å². The van der Waals surface area contributed by atoms with Crippen molar-refractivity contribution < 1.29 is 47.7 Å². The second-order valence-electron chi connectivity index (χ2n) is 10.5. The number of hydrogen-bond acceptors (Lipinski definition) is 12. The number of amides is 1. The minimum absolute atomic E-state index is 0.128. The standard InChI is InChI=1S/C30H38N4O10S/c1-17(35)31-27-29(42-19(3)37)28(41-18(2)36)25(43-30(27)40-12-8-7-11-26(38)44-33-45)16-34-15-23(32-34)21-13-20-9-5-6-10-22(20)24(14-21)39-4/h5-6,9-10,13-15,25,27-30,32-33,45H,7-8,11-12,16H2,1-4H3,(H,31,35)/t25?,27?,28-,29?,30+/m0/s1. The Hall–Kier alpha value is -4.05. The maximum absolute atomic E-state index is 12.2. The van der Waals surface area contributed by atoms with Gasteiger partial charge in [0.25, 0.3) is 0 Å². The van der Waals surface area contributed by atoms with Crippen LogP contribution in [0.3, 0.4) is 0 Å². The molecule has 0 aliphatic carbocycles. The number of nitrogens with zero attached hydrogens (tertiary/aromatic N) is 1. The van der Waals surface area contributed by atoms with Crippen molar-refractivity contribution >= 4 is 47.4 Å². The maximum atomic E-state index is 12.2. The van der Waals surface area contributed by atoms with Crippen LogP contribution in [0.15, 0.2) is 42.6 Å². The number of fused-ring (bicyclic) bond motifs is 1. The summed E-state index contributed by atoms with van der Waals surface area (Å²) >= 11 is 3.62. The summed E-state index contributed by atoms with van der Waals surface area (Å²) in [5.41, 5.74) is 1.73. The second kappa shape index (κ2) is 15.8. The smallest absolute Gasteiger partial charge is 0.325 e. The van der Waals surface area contributed by atoms with Crippen molar-refractivity contribution in [1.29, 1.82) is 0 Å². The van der Waals surface area contributed by atoms with Gasteiger partial charge in [0.15, 0.2) is 18.5 Å². The Morgan fingerprint density at radius 2 is 1.73 bits per heavy atom. The Kier molecular flexibility index (Phi) is 11.9. The summed E-state index contributed by atoms with van der Waals surface area (Å²) in [4.78, 5) is 54.7. The van der Waals surface area contributed by atoms with E-state index in [2.05, 4.69) is 28.1 Å². The van der Waals surface area contributed by atoms with Gasteiger partial charge in [-0.3, -0.25) is 29.0 Å². The topological polar surface area (TPSA) is 168 Å². The van der Waals surface area contributed by atoms with Gasteiger partial charge in [0.2, 0.25) is 5.91 Å². The molecule has 14 nitrogen and oxygen atoms in total. The predicted molar refractivity (Wildman–Crippen MR) is 164 cm³/mol. The van der Waals surface area contributed by atoms with Gasteiger partial charge in [0, 0.05) is 50.9 Å². The van der Waals surface area contributed by atoms with E-state index in [1.54, 1.807) is 11.8 Å². The zero-order valence-electron chi connectivity index (χ0n) is 25.4. The number of unbranched alkanes of at least 4 members (excludes halogenated alkanes) is 1. The summed E-state index contributed by atoms with van der Waals surface area (Å²) in [5, 5.41) is 8.00. The number of carbonyl (C=O) groups excluding carboxylic acids is 4. The van der Waals surface area contributed by atoms with Crippen molar-refractivity contribution in [2.45, 2.75) is 77.2 Å². The molecule has 45 heavy (non-hydrogen) atoms. The van der Waals surface area contributed by atoms with Gasteiger partial charge in [-0.2, -0.15) is 0 Å². The van der Waals surface area contributed by atoms with E-state index in [1.165, 1.54) is 20.8 Å². The molecule has 0 bridgehead atoms. The zero-order valence-corrected chi connectivity index (χ0v) is 26.3. The van der Waals surface area contributed by atoms with E-state index in [1.807, 2.05) is 47.5 Å². The fraction of sp³-hybridized carbons (Fsp3) is 0.467. The van der Waals surface area contributed by atoms with Crippen LogP contribution in [0.4, 0.5) is 0 Å². The van der Waals surface area contributed by atoms with Crippen LogP contribution in [0.2, 0.25) is 0 Å². The second-order valence-corrected chi connectivity index (χ2v) is 10.7. The first-order valence-corrected chi connectivity index (χ1v) is 14.8. The average Bonchev–Trinajstić information content (AvgIpc) is 2.96. The molecule has 0 spiro atoms. The van der Waals surface area contributed by atoms with Crippen LogP contribution in [0.25, 0.3) is 22.0 Å². The van der Waals surface area contributed by atoms with Gasteiger partial charge >= 0.3 is 17.9 Å². The van der Waals surface area contributed by atoms with Crippen molar-refractivity contribution in [3.63, 3.8) is 0 Å². The van der Waals surface area contributed by atoms with E-state index in [0.29, 0.717) is 12.8 Å². The summed E-state index contributed by atoms with van der Waals surface area (Å²) in [6, 6.07) is 10.9. The highest BCUT2D eigenvalue weighted by molar-refractivity contribution is 7.77. The summed E-state index contributed by atoms with van der Waals surface area (Å²) in [5.74, 6) is -1.44. The van der Waals surface area contributed by atoms with E-state index >= 15 is 0 Å². The molecule has 2 aromatic carbocycles. The normalized spacial score (nSPS) is 21.2. The molecular formula is C30H38N4O10S. The number of carbonyl (C=O) groups is 4. The van der Waals surface area contributed by atoms with Gasteiger partial charge in [0.05, 0.1) is 19.3 Å². The first-order valence-electron chi connectivity index (χ1n) is 14.4. The van der Waals surface area contributed by atoms with E-state index < -0.39 is 54.5 Å². The predicted octanol–water partition coefficient (Wildman–Crippen LogP) is 2.82. The van der Waals surface area contributed by atoms with Crippen LogP contribution in [-0.4, -0.2) is 78.0 Å². The highest BCUT2D eigenvalue weighted by Gasteiger charge is 2.51. The molecule has 3 unspecified atom stereocenters. The highest BCUT2D eigenvalue weighted by Crippen LogP contribution is 2.33. The largest absolute Gasteiger partial charge is 0.496 e. The van der Waals surface area contributed by atoms with Gasteiger partial charge in [-0.05, 0) is 30.4 Å². The van der Waals surface area contributed by atoms with Crippen molar-refractivity contribution in [2.24, 2.45) is 0 Å². The van der Waals surface area contributed by atoms with Crippen molar-refractivity contribution in [2.75, 3.05) is 13.7 Å². The number of hydrogen-bond donors (Lipinski definition) is 4. The number of esters is 2. The van der Waals surface area contributed by atoms with E-state index in [9.17, 15) is 19.2 Å². The number of thiol groups is 1. The zero-order chi connectivity index (χ0) is 32.5. The molecule has 1 aliphatic heterocycles. The van der Waals surface area contributed by atoms with Crippen LogP contribution in [0.5, 0.6) is 5.75 Å². The molecule has 1 amide bonds. The quantitative estimate of drug-likeness (QED) is 0.0668. The molecular weight excluding hydrogens is 608 g/mol. The van der Waals surface area contributed by atoms with E-state index in [4.69, 9.17) is 23.7 Å². The Morgan fingerprint density at radius 1 is 1.02 bits per heavy atom. The van der Waals surface area contributed by atoms with Gasteiger partial charge < -0.3 is 33.8 Å². The molecule has 1 aliphatic rings. The summed E-state index contributed by atoms with van der Waals surface area (Å²) in [6.07, 6.45) is -1.22. The molecule has 244 valence electrons. The third kappa shape index (κ3) is 9.00. The Labute approximate surface area is 265 Å². The molecule has 4 rings (SSSR count). The molecule has 2 heterocycles. The molecule has 3 aromatic rings. The van der Waals surface area contributed by atoms with Gasteiger partial charge in [-0.25, -0.2) is 0 Å². The maximum Gasteiger partial charge on any atom is 0.325 e. The number of nitrogens with one attached hydrogen (secondary N) is 3. The van der Waals surface area contributed by atoms with Crippen LogP contribution < -0.4 is 14.9 Å².